The molecule has 58 heavy (non-hydrogen) atoms. The predicted molar refractivity (Wildman–Crippen MR) is 246 cm³/mol. The number of fused-ring (bicyclic) bond motifs is 10. The number of para-hydroxylation sites is 4. The zero-order valence-electron chi connectivity index (χ0n) is 31.6. The molecule has 0 atom stereocenters. The van der Waals surface area contributed by atoms with Crippen molar-refractivity contribution in [2.45, 2.75) is 0 Å². The predicted octanol–water partition coefficient (Wildman–Crippen LogP) is 11.2. The van der Waals surface area contributed by atoms with Gasteiger partial charge in [-0.1, -0.05) is 158 Å². The number of hydrogen-bond donors (Lipinski definition) is 0. The summed E-state index contributed by atoms with van der Waals surface area (Å²) in [5.41, 5.74) is 8.86. The number of nitrogens with zero attached hydrogens (tertiary/aromatic N) is 2. The SMILES string of the molecule is c1ccc(-n2c3ccccc3c3c([Si](c4ccccc4)(c4ccccc4)c4ccc(-n5c6ccccc6c6ccc7oc8ccccc8c7c65)cc4)cccc32)cc1. The molecule has 0 radical (unpaired) electrons. The fraction of sp³-hybridized carbons (Fsp3) is 0. The Kier molecular flexibility index (Phi) is 7.25. The molecule has 12 rings (SSSR count). The summed E-state index contributed by atoms with van der Waals surface area (Å²) in [6, 6.07) is 80.3. The van der Waals surface area contributed by atoms with Gasteiger partial charge in [0.15, 0.2) is 8.07 Å². The third-order valence-corrected chi connectivity index (χ3v) is 17.1. The fourth-order valence-corrected chi connectivity index (χ4v) is 14.9. The average Bonchev–Trinajstić information content (AvgIpc) is 3.96. The van der Waals surface area contributed by atoms with Gasteiger partial charge in [0.1, 0.15) is 11.2 Å². The van der Waals surface area contributed by atoms with Crippen LogP contribution in [0, 0.1) is 0 Å². The van der Waals surface area contributed by atoms with Gasteiger partial charge in [0.25, 0.3) is 0 Å². The van der Waals surface area contributed by atoms with E-state index in [9.17, 15) is 0 Å². The Hall–Kier alpha value is -7.40. The maximum absolute atomic E-state index is 6.44. The third kappa shape index (κ3) is 4.61. The Morgan fingerprint density at radius 2 is 0.845 bits per heavy atom. The van der Waals surface area contributed by atoms with Gasteiger partial charge in [0.05, 0.1) is 27.5 Å². The highest BCUT2D eigenvalue weighted by Gasteiger charge is 2.43. The van der Waals surface area contributed by atoms with Crippen LogP contribution in [0.1, 0.15) is 0 Å². The molecule has 0 saturated carbocycles. The minimum absolute atomic E-state index is 0.900. The molecule has 0 unspecified atom stereocenters. The summed E-state index contributed by atoms with van der Waals surface area (Å²) in [6.45, 7) is 0. The van der Waals surface area contributed by atoms with Gasteiger partial charge in [0, 0.05) is 38.3 Å². The van der Waals surface area contributed by atoms with Gasteiger partial charge in [-0.05, 0) is 81.4 Å². The molecule has 3 nitrogen and oxygen atoms in total. The van der Waals surface area contributed by atoms with Crippen LogP contribution in [-0.4, -0.2) is 17.2 Å². The lowest BCUT2D eigenvalue weighted by Crippen LogP contribution is -2.74. The smallest absolute Gasteiger partial charge is 0.180 e. The van der Waals surface area contributed by atoms with E-state index in [0.717, 1.165) is 33.3 Å². The number of benzene rings is 9. The molecule has 0 N–H and O–H groups in total. The van der Waals surface area contributed by atoms with E-state index in [1.165, 1.54) is 64.4 Å². The summed E-state index contributed by atoms with van der Waals surface area (Å²) in [5, 5.41) is 12.7. The standard InChI is InChI=1S/C54H36N2OSi/c1-4-17-37(18-5-1)55-47-27-14-11-24-44(47)52-48(55)28-16-30-51(52)58(39-19-6-2-7-20-39,40-21-8-3-9-22-40)41-33-31-38(32-34-41)56-46-26-13-10-23-42(46)43-35-36-50-53(54(43)56)45-25-12-15-29-49(45)57-50/h1-36H. The molecule has 9 aromatic carbocycles. The molecule has 0 spiro atoms. The van der Waals surface area contributed by atoms with Gasteiger partial charge in [-0.3, -0.25) is 0 Å². The normalized spacial score (nSPS) is 12.1. The lowest BCUT2D eigenvalue weighted by Gasteiger charge is -2.35. The summed E-state index contributed by atoms with van der Waals surface area (Å²) in [6.07, 6.45) is 0. The highest BCUT2D eigenvalue weighted by atomic mass is 28.3. The van der Waals surface area contributed by atoms with Crippen LogP contribution in [-0.2, 0) is 0 Å². The van der Waals surface area contributed by atoms with Crippen molar-refractivity contribution in [3.63, 3.8) is 0 Å². The largest absolute Gasteiger partial charge is 0.456 e. The average molecular weight is 757 g/mol. The van der Waals surface area contributed by atoms with Gasteiger partial charge in [0.2, 0.25) is 0 Å². The van der Waals surface area contributed by atoms with Crippen molar-refractivity contribution in [2.75, 3.05) is 0 Å². The zero-order chi connectivity index (χ0) is 38.2. The minimum atomic E-state index is -2.99. The first-order valence-corrected chi connectivity index (χ1v) is 21.9. The summed E-state index contributed by atoms with van der Waals surface area (Å²) >= 11 is 0. The second-order valence-electron chi connectivity index (χ2n) is 15.2. The van der Waals surface area contributed by atoms with Crippen LogP contribution >= 0.6 is 0 Å². The van der Waals surface area contributed by atoms with E-state index in [4.69, 9.17) is 4.42 Å². The molecule has 0 aliphatic rings. The van der Waals surface area contributed by atoms with Gasteiger partial charge >= 0.3 is 0 Å². The van der Waals surface area contributed by atoms with Gasteiger partial charge in [-0.2, -0.15) is 0 Å². The Bertz CT molecular complexity index is 3450. The highest BCUT2D eigenvalue weighted by Crippen LogP contribution is 2.41. The van der Waals surface area contributed by atoms with E-state index >= 15 is 0 Å². The fourth-order valence-electron chi connectivity index (χ4n) is 9.92. The van der Waals surface area contributed by atoms with Crippen molar-refractivity contribution in [3.8, 4) is 11.4 Å². The molecular weight excluding hydrogens is 721 g/mol. The Labute approximate surface area is 336 Å². The van der Waals surface area contributed by atoms with E-state index in [1.807, 2.05) is 6.07 Å². The summed E-state index contributed by atoms with van der Waals surface area (Å²) < 4.78 is 11.3. The topological polar surface area (TPSA) is 23.0 Å². The van der Waals surface area contributed by atoms with Gasteiger partial charge < -0.3 is 13.6 Å². The molecule has 0 saturated heterocycles. The number of hydrogen-bond acceptors (Lipinski definition) is 1. The second kappa shape index (κ2) is 12.8. The first-order valence-electron chi connectivity index (χ1n) is 19.9. The van der Waals surface area contributed by atoms with E-state index in [1.54, 1.807) is 0 Å². The maximum Gasteiger partial charge on any atom is 0.180 e. The van der Waals surface area contributed by atoms with Crippen molar-refractivity contribution in [2.24, 2.45) is 0 Å². The van der Waals surface area contributed by atoms with Crippen molar-refractivity contribution in [1.29, 1.82) is 0 Å². The van der Waals surface area contributed by atoms with Crippen molar-refractivity contribution in [1.82, 2.24) is 9.13 Å². The van der Waals surface area contributed by atoms with Crippen molar-refractivity contribution >= 4 is 94.4 Å². The van der Waals surface area contributed by atoms with Crippen LogP contribution in [0.3, 0.4) is 0 Å². The molecule has 3 aromatic heterocycles. The molecule has 3 heterocycles. The molecule has 0 bridgehead atoms. The zero-order valence-corrected chi connectivity index (χ0v) is 32.6. The molecular formula is C54H36N2OSi. The highest BCUT2D eigenvalue weighted by molar-refractivity contribution is 7.20. The number of rotatable bonds is 6. The van der Waals surface area contributed by atoms with Crippen LogP contribution < -0.4 is 20.7 Å². The van der Waals surface area contributed by atoms with Crippen LogP contribution in [0.2, 0.25) is 0 Å². The van der Waals surface area contributed by atoms with Gasteiger partial charge in [-0.25, -0.2) is 0 Å². The van der Waals surface area contributed by atoms with Crippen LogP contribution in [0.25, 0.3) is 76.9 Å². The van der Waals surface area contributed by atoms with Crippen molar-refractivity contribution in [3.05, 3.63) is 218 Å². The van der Waals surface area contributed by atoms with Gasteiger partial charge in [-0.15, -0.1) is 0 Å². The number of furan rings is 1. The van der Waals surface area contributed by atoms with Crippen LogP contribution in [0.5, 0.6) is 0 Å². The van der Waals surface area contributed by atoms with E-state index in [0.29, 0.717) is 0 Å². The number of aromatic nitrogens is 2. The summed E-state index contributed by atoms with van der Waals surface area (Å²) in [5.74, 6) is 0. The maximum atomic E-state index is 6.44. The monoisotopic (exact) mass is 756 g/mol. The molecule has 12 aromatic rings. The second-order valence-corrected chi connectivity index (χ2v) is 19.0. The summed E-state index contributed by atoms with van der Waals surface area (Å²) in [4.78, 5) is 0. The molecule has 0 aliphatic heterocycles. The Balaban J connectivity index is 1.18. The quantitative estimate of drug-likeness (QED) is 0.122. The molecule has 4 heteroatoms. The first-order chi connectivity index (χ1) is 28.8. The van der Waals surface area contributed by atoms with E-state index < -0.39 is 8.07 Å². The first kappa shape index (κ1) is 32.8. The lowest BCUT2D eigenvalue weighted by atomic mass is 10.1. The molecule has 0 amide bonds. The van der Waals surface area contributed by atoms with Crippen LogP contribution in [0.15, 0.2) is 223 Å². The van der Waals surface area contributed by atoms with Crippen LogP contribution in [0.4, 0.5) is 0 Å². The Morgan fingerprint density at radius 3 is 1.55 bits per heavy atom. The molecule has 272 valence electrons. The minimum Gasteiger partial charge on any atom is -0.456 e. The summed E-state index contributed by atoms with van der Waals surface area (Å²) in [7, 11) is -2.99. The van der Waals surface area contributed by atoms with Crippen molar-refractivity contribution < 1.29 is 4.42 Å². The third-order valence-electron chi connectivity index (χ3n) is 12.3. The van der Waals surface area contributed by atoms with E-state index in [2.05, 4.69) is 221 Å². The Morgan fingerprint density at radius 1 is 0.310 bits per heavy atom. The molecule has 0 aliphatic carbocycles. The van der Waals surface area contributed by atoms with E-state index in [-0.39, 0.29) is 0 Å². The lowest BCUT2D eigenvalue weighted by molar-refractivity contribution is 0.669. The molecule has 0 fully saturated rings.